The molecule has 0 spiro atoms. The second-order valence-corrected chi connectivity index (χ2v) is 11.2. The fraction of sp³-hybridized carbons (Fsp3) is 0.593. The molecule has 2 fully saturated rings. The van der Waals surface area contributed by atoms with E-state index in [-0.39, 0.29) is 35.0 Å². The van der Waals surface area contributed by atoms with Gasteiger partial charge in [0.25, 0.3) is 0 Å². The molecule has 218 valence electrons. The van der Waals surface area contributed by atoms with Gasteiger partial charge in [0.2, 0.25) is 11.8 Å². The Morgan fingerprint density at radius 3 is 2.48 bits per heavy atom. The monoisotopic (exact) mass is 564 g/mol. The lowest BCUT2D eigenvalue weighted by atomic mass is 9.85. The highest BCUT2D eigenvalue weighted by molar-refractivity contribution is 5.93. The van der Waals surface area contributed by atoms with Crippen LogP contribution in [-0.2, 0) is 20.5 Å². The molecule has 1 atom stereocenters. The summed E-state index contributed by atoms with van der Waals surface area (Å²) in [4.78, 5) is 47.3. The molecule has 0 bridgehead atoms. The molecule has 4 rings (SSSR count). The normalized spacial score (nSPS) is 21.8. The number of halogens is 3. The number of benzene rings is 1. The smallest absolute Gasteiger partial charge is 0.416 e. The molecule has 1 aromatic carbocycles. The summed E-state index contributed by atoms with van der Waals surface area (Å²) in [5, 5.41) is 8.94. The zero-order valence-electron chi connectivity index (χ0n) is 22.8. The summed E-state index contributed by atoms with van der Waals surface area (Å²) in [6, 6.07) is 2.54. The van der Waals surface area contributed by atoms with Gasteiger partial charge in [0.15, 0.2) is 0 Å². The number of hydrogen-bond acceptors (Lipinski definition) is 7. The molecule has 2 aliphatic rings. The first-order chi connectivity index (χ1) is 18.8. The van der Waals surface area contributed by atoms with Crippen LogP contribution in [0.1, 0.15) is 58.4 Å². The average Bonchev–Trinajstić information content (AvgIpc) is 3.21. The van der Waals surface area contributed by atoms with Crippen molar-refractivity contribution in [2.75, 3.05) is 25.0 Å². The summed E-state index contributed by atoms with van der Waals surface area (Å²) in [5.41, 5.74) is -1.05. The van der Waals surface area contributed by atoms with Gasteiger partial charge in [-0.05, 0) is 71.1 Å². The van der Waals surface area contributed by atoms with Gasteiger partial charge in [0.1, 0.15) is 23.8 Å². The number of alkyl halides is 3. The van der Waals surface area contributed by atoms with Crippen LogP contribution in [0.15, 0.2) is 24.5 Å². The van der Waals surface area contributed by atoms with Gasteiger partial charge in [-0.3, -0.25) is 9.59 Å². The minimum Gasteiger partial charge on any atom is -0.444 e. The average molecular weight is 565 g/mol. The first-order valence-corrected chi connectivity index (χ1v) is 13.4. The third-order valence-corrected chi connectivity index (χ3v) is 7.07. The molecule has 3 N–H and O–H groups in total. The molecule has 1 aromatic heterocycles. The first-order valence-electron chi connectivity index (χ1n) is 13.4. The molecule has 2 heterocycles. The van der Waals surface area contributed by atoms with Gasteiger partial charge in [-0.1, -0.05) is 0 Å². The Morgan fingerprint density at radius 2 is 1.80 bits per heavy atom. The summed E-state index contributed by atoms with van der Waals surface area (Å²) < 4.78 is 44.9. The van der Waals surface area contributed by atoms with E-state index in [9.17, 15) is 27.6 Å². The molecular formula is C27H35F3N6O4. The topological polar surface area (TPSA) is 126 Å². The number of hydrogen-bond donors (Lipinski definition) is 3. The minimum atomic E-state index is -4.51. The van der Waals surface area contributed by atoms with Crippen LogP contribution >= 0.6 is 0 Å². The van der Waals surface area contributed by atoms with Gasteiger partial charge >= 0.3 is 12.3 Å². The number of alkyl carbamates (subject to hydrolysis) is 1. The van der Waals surface area contributed by atoms with Gasteiger partial charge < -0.3 is 25.6 Å². The summed E-state index contributed by atoms with van der Waals surface area (Å²) >= 11 is 0. The van der Waals surface area contributed by atoms with E-state index in [0.717, 1.165) is 12.1 Å². The van der Waals surface area contributed by atoms with Crippen molar-refractivity contribution in [2.45, 2.75) is 76.7 Å². The molecular weight excluding hydrogens is 529 g/mol. The number of likely N-dealkylation sites (tertiary alicyclic amines) is 1. The predicted molar refractivity (Wildman–Crippen MR) is 141 cm³/mol. The number of nitrogens with zero attached hydrogens (tertiary/aromatic N) is 3. The maximum absolute atomic E-state index is 13.2. The SMILES string of the molecule is CC(C)(C)OC(=O)N[C@H]1CC[C@H](C(=O)NCCN2CC[C@H](Nc3ncnc4ccc(C(F)(F)F)cc34)C2=O)CC1. The molecule has 2 aromatic rings. The van der Waals surface area contributed by atoms with Crippen molar-refractivity contribution in [3.63, 3.8) is 0 Å². The summed E-state index contributed by atoms with van der Waals surface area (Å²) in [5.74, 6) is -0.277. The van der Waals surface area contributed by atoms with Gasteiger partial charge in [-0.2, -0.15) is 13.2 Å². The largest absolute Gasteiger partial charge is 0.444 e. The van der Waals surface area contributed by atoms with Crippen molar-refractivity contribution in [2.24, 2.45) is 5.92 Å². The molecule has 0 unspecified atom stereocenters. The van der Waals surface area contributed by atoms with Crippen molar-refractivity contribution in [3.05, 3.63) is 30.1 Å². The lowest BCUT2D eigenvalue weighted by Crippen LogP contribution is -2.44. The molecule has 13 heteroatoms. The first kappa shape index (κ1) is 29.3. The van der Waals surface area contributed by atoms with Crippen LogP contribution in [0, 0.1) is 5.92 Å². The Labute approximate surface area is 230 Å². The van der Waals surface area contributed by atoms with Crippen LogP contribution in [0.5, 0.6) is 0 Å². The Kier molecular flexibility index (Phi) is 8.69. The molecule has 1 saturated carbocycles. The number of anilines is 1. The van der Waals surface area contributed by atoms with Crippen molar-refractivity contribution < 1.29 is 32.3 Å². The van der Waals surface area contributed by atoms with E-state index in [0.29, 0.717) is 57.3 Å². The van der Waals surface area contributed by atoms with Crippen LogP contribution in [0.3, 0.4) is 0 Å². The zero-order chi connectivity index (χ0) is 29.1. The third kappa shape index (κ3) is 7.51. The van der Waals surface area contributed by atoms with Gasteiger partial charge in [0.05, 0.1) is 11.1 Å². The van der Waals surface area contributed by atoms with E-state index in [1.807, 2.05) is 0 Å². The van der Waals surface area contributed by atoms with Gasteiger partial charge in [-0.15, -0.1) is 0 Å². The van der Waals surface area contributed by atoms with E-state index < -0.39 is 29.5 Å². The van der Waals surface area contributed by atoms with Gasteiger partial charge in [0, 0.05) is 37.0 Å². The van der Waals surface area contributed by atoms with Crippen LogP contribution in [0.25, 0.3) is 10.9 Å². The quantitative estimate of drug-likeness (QED) is 0.466. The van der Waals surface area contributed by atoms with Crippen LogP contribution in [-0.4, -0.2) is 70.1 Å². The number of carbonyl (C=O) groups excluding carboxylic acids is 3. The maximum atomic E-state index is 13.2. The molecule has 1 saturated heterocycles. The lowest BCUT2D eigenvalue weighted by molar-refractivity contribution is -0.137. The standard InChI is InChI=1S/C27H35F3N6O4/c1-26(2,3)40-25(39)34-18-7-4-16(5-8-18)23(37)31-11-13-36-12-10-21(24(36)38)35-22-19-14-17(27(28,29)30)6-9-20(19)32-15-33-22/h6,9,14-16,18,21H,4-5,7-8,10-13H2,1-3H3,(H,31,37)(H,34,39)(H,32,33,35)/t16-,18-,21-/m0/s1. The van der Waals surface area contributed by atoms with Crippen LogP contribution in [0.2, 0.25) is 0 Å². The highest BCUT2D eigenvalue weighted by atomic mass is 19.4. The number of aromatic nitrogens is 2. The number of amides is 3. The van der Waals surface area contributed by atoms with Crippen molar-refractivity contribution >= 4 is 34.6 Å². The second-order valence-electron chi connectivity index (χ2n) is 11.2. The number of fused-ring (bicyclic) bond motifs is 1. The van der Waals surface area contributed by atoms with Crippen molar-refractivity contribution in [3.8, 4) is 0 Å². The van der Waals surface area contributed by atoms with Crippen LogP contribution < -0.4 is 16.0 Å². The van der Waals surface area contributed by atoms with Crippen LogP contribution in [0.4, 0.5) is 23.8 Å². The fourth-order valence-electron chi connectivity index (χ4n) is 5.04. The van der Waals surface area contributed by atoms with Gasteiger partial charge in [-0.25, -0.2) is 14.8 Å². The summed E-state index contributed by atoms with van der Waals surface area (Å²) in [6.07, 6.45) is -0.634. The van der Waals surface area contributed by atoms with E-state index in [1.54, 1.807) is 25.7 Å². The minimum absolute atomic E-state index is 0.0300. The highest BCUT2D eigenvalue weighted by Crippen LogP contribution is 2.33. The molecule has 1 aliphatic heterocycles. The van der Waals surface area contributed by atoms with Crippen molar-refractivity contribution in [1.29, 1.82) is 0 Å². The third-order valence-electron chi connectivity index (χ3n) is 7.07. The summed E-state index contributed by atoms with van der Waals surface area (Å²) in [6.45, 7) is 6.47. The Balaban J connectivity index is 1.22. The number of carbonyl (C=O) groups is 3. The summed E-state index contributed by atoms with van der Waals surface area (Å²) in [7, 11) is 0. The molecule has 0 radical (unpaired) electrons. The highest BCUT2D eigenvalue weighted by Gasteiger charge is 2.34. The van der Waals surface area contributed by atoms with Crippen molar-refractivity contribution in [1.82, 2.24) is 25.5 Å². The molecule has 1 aliphatic carbocycles. The number of ether oxygens (including phenoxy) is 1. The second kappa shape index (κ2) is 11.8. The van der Waals surface area contributed by atoms with E-state index in [1.165, 1.54) is 12.4 Å². The Hall–Kier alpha value is -3.64. The predicted octanol–water partition coefficient (Wildman–Crippen LogP) is 3.86. The number of nitrogens with one attached hydrogen (secondary N) is 3. The zero-order valence-corrected chi connectivity index (χ0v) is 22.8. The molecule has 3 amide bonds. The Bertz CT molecular complexity index is 1240. The van der Waals surface area contributed by atoms with E-state index in [4.69, 9.17) is 4.74 Å². The molecule has 10 nitrogen and oxygen atoms in total. The molecule has 40 heavy (non-hydrogen) atoms. The van der Waals surface area contributed by atoms with E-state index in [2.05, 4.69) is 25.9 Å². The number of rotatable bonds is 7. The van der Waals surface area contributed by atoms with E-state index >= 15 is 0 Å². The fourth-order valence-corrected chi connectivity index (χ4v) is 5.04. The lowest BCUT2D eigenvalue weighted by Gasteiger charge is -2.29. The maximum Gasteiger partial charge on any atom is 0.416 e. The Morgan fingerprint density at radius 1 is 1.07 bits per heavy atom.